The van der Waals surface area contributed by atoms with Crippen LogP contribution in [0.4, 0.5) is 0 Å². The molecule has 0 bridgehead atoms. The Balaban J connectivity index is 1.73. The van der Waals surface area contributed by atoms with Crippen LogP contribution in [0, 0.1) is 6.92 Å². The Bertz CT molecular complexity index is 950. The molecule has 1 saturated heterocycles. The molecule has 0 radical (unpaired) electrons. The molecule has 8 heteroatoms. The molecule has 1 amide bonds. The number of aliphatic hydroxyl groups excluding tert-OH is 1. The van der Waals surface area contributed by atoms with Gasteiger partial charge in [0.15, 0.2) is 5.76 Å². The predicted molar refractivity (Wildman–Crippen MR) is 101 cm³/mol. The average Bonchev–Trinajstić information content (AvgIpc) is 3.34. The number of piperidine rings is 1. The molecular weight excluding hydrogens is 358 g/mol. The van der Waals surface area contributed by atoms with Gasteiger partial charge in [-0.15, -0.1) is 0 Å². The first kappa shape index (κ1) is 18.4. The van der Waals surface area contributed by atoms with Gasteiger partial charge in [0.1, 0.15) is 5.69 Å². The van der Waals surface area contributed by atoms with Crippen LogP contribution in [0.1, 0.15) is 47.2 Å². The molecule has 8 nitrogen and oxygen atoms in total. The van der Waals surface area contributed by atoms with Gasteiger partial charge in [-0.25, -0.2) is 0 Å². The molecule has 1 N–H and O–H groups in total. The predicted octanol–water partition coefficient (Wildman–Crippen LogP) is 2.60. The van der Waals surface area contributed by atoms with Crippen molar-refractivity contribution in [3.05, 3.63) is 53.7 Å². The van der Waals surface area contributed by atoms with Crippen LogP contribution in [0.5, 0.6) is 0 Å². The normalized spacial score (nSPS) is 17.1. The fourth-order valence-corrected chi connectivity index (χ4v) is 3.68. The van der Waals surface area contributed by atoms with Gasteiger partial charge < -0.3 is 14.5 Å². The molecule has 3 aromatic heterocycles. The van der Waals surface area contributed by atoms with Crippen molar-refractivity contribution in [3.8, 4) is 11.3 Å². The van der Waals surface area contributed by atoms with Crippen molar-refractivity contribution in [1.29, 1.82) is 0 Å². The first-order chi connectivity index (χ1) is 13.7. The van der Waals surface area contributed by atoms with Crippen LogP contribution in [0.25, 0.3) is 11.3 Å². The topological polar surface area (TPSA) is 97.3 Å². The molecule has 1 aliphatic heterocycles. The number of aromatic nitrogens is 4. The summed E-state index contributed by atoms with van der Waals surface area (Å²) < 4.78 is 7.17. The molecule has 1 unspecified atom stereocenters. The third-order valence-electron chi connectivity index (χ3n) is 4.98. The number of carbonyl (C=O) groups excluding carboxylic acids is 1. The average molecular weight is 381 g/mol. The van der Waals surface area contributed by atoms with Crippen LogP contribution in [-0.2, 0) is 6.54 Å². The molecule has 28 heavy (non-hydrogen) atoms. The molecule has 1 atom stereocenters. The zero-order valence-corrected chi connectivity index (χ0v) is 15.8. The fraction of sp³-hybridized carbons (Fsp3) is 0.400. The summed E-state index contributed by atoms with van der Waals surface area (Å²) in [4.78, 5) is 19.2. The Morgan fingerprint density at radius 2 is 2.25 bits per heavy atom. The number of hydrogen-bond acceptors (Lipinski definition) is 6. The van der Waals surface area contributed by atoms with Crippen molar-refractivity contribution in [2.75, 3.05) is 13.2 Å². The highest BCUT2D eigenvalue weighted by Gasteiger charge is 2.33. The molecule has 146 valence electrons. The summed E-state index contributed by atoms with van der Waals surface area (Å²) in [6.45, 7) is 2.88. The number of pyridine rings is 1. The van der Waals surface area contributed by atoms with E-state index >= 15 is 0 Å². The highest BCUT2D eigenvalue weighted by atomic mass is 16.5. The van der Waals surface area contributed by atoms with E-state index in [1.54, 1.807) is 23.0 Å². The molecule has 0 saturated carbocycles. The van der Waals surface area contributed by atoms with E-state index in [1.807, 2.05) is 30.2 Å². The Kier molecular flexibility index (Phi) is 5.21. The lowest BCUT2D eigenvalue weighted by molar-refractivity contribution is 0.0599. The number of carbonyl (C=O) groups is 1. The fourth-order valence-electron chi connectivity index (χ4n) is 3.68. The van der Waals surface area contributed by atoms with Crippen LogP contribution < -0.4 is 0 Å². The second kappa shape index (κ2) is 7.93. The van der Waals surface area contributed by atoms with Crippen LogP contribution in [-0.4, -0.2) is 49.0 Å². The number of amides is 1. The first-order valence-electron chi connectivity index (χ1n) is 9.51. The molecule has 4 heterocycles. The van der Waals surface area contributed by atoms with Crippen molar-refractivity contribution in [2.24, 2.45) is 0 Å². The zero-order chi connectivity index (χ0) is 19.5. The Morgan fingerprint density at radius 3 is 2.96 bits per heavy atom. The summed E-state index contributed by atoms with van der Waals surface area (Å²) in [5, 5.41) is 18.0. The van der Waals surface area contributed by atoms with Gasteiger partial charge in [0.2, 0.25) is 0 Å². The summed E-state index contributed by atoms with van der Waals surface area (Å²) >= 11 is 0. The Hall–Kier alpha value is -3.00. The van der Waals surface area contributed by atoms with E-state index in [2.05, 4.69) is 10.1 Å². The number of aliphatic hydroxyl groups is 1. The van der Waals surface area contributed by atoms with Gasteiger partial charge in [-0.05, 0) is 38.3 Å². The standard InChI is InChI=1S/C20H23N5O3/c1-14-12-18(28-23-14)15-13-24(10-11-26)22-19(15)17-7-3-5-9-25(17)20(27)16-6-2-4-8-21-16/h2,4,6,8,12-13,17,26H,3,5,7,9-11H2,1H3. The second-order valence-corrected chi connectivity index (χ2v) is 6.97. The van der Waals surface area contributed by atoms with Gasteiger partial charge in [-0.3, -0.25) is 14.5 Å². The van der Waals surface area contributed by atoms with E-state index in [1.165, 1.54) is 0 Å². The van der Waals surface area contributed by atoms with Crippen LogP contribution in [0.15, 0.2) is 41.2 Å². The lowest BCUT2D eigenvalue weighted by atomic mass is 9.96. The van der Waals surface area contributed by atoms with Gasteiger partial charge in [0.05, 0.1) is 36.1 Å². The summed E-state index contributed by atoms with van der Waals surface area (Å²) in [7, 11) is 0. The van der Waals surface area contributed by atoms with Gasteiger partial charge in [-0.2, -0.15) is 5.10 Å². The summed E-state index contributed by atoms with van der Waals surface area (Å²) in [6, 6.07) is 7.03. The minimum absolute atomic E-state index is 0.0166. The van der Waals surface area contributed by atoms with Crippen molar-refractivity contribution in [2.45, 2.75) is 38.8 Å². The van der Waals surface area contributed by atoms with E-state index in [0.717, 1.165) is 36.2 Å². The van der Waals surface area contributed by atoms with Gasteiger partial charge in [0.25, 0.3) is 5.91 Å². The summed E-state index contributed by atoms with van der Waals surface area (Å²) in [6.07, 6.45) is 6.25. The van der Waals surface area contributed by atoms with Crippen molar-refractivity contribution < 1.29 is 14.4 Å². The third-order valence-corrected chi connectivity index (χ3v) is 4.98. The number of likely N-dealkylation sites (tertiary alicyclic amines) is 1. The third kappa shape index (κ3) is 3.55. The van der Waals surface area contributed by atoms with Crippen molar-refractivity contribution in [3.63, 3.8) is 0 Å². The first-order valence-corrected chi connectivity index (χ1v) is 9.51. The van der Waals surface area contributed by atoms with E-state index in [-0.39, 0.29) is 18.6 Å². The van der Waals surface area contributed by atoms with E-state index in [9.17, 15) is 9.90 Å². The van der Waals surface area contributed by atoms with Crippen molar-refractivity contribution in [1.82, 2.24) is 24.8 Å². The monoisotopic (exact) mass is 381 g/mol. The molecule has 1 aliphatic rings. The lowest BCUT2D eigenvalue weighted by Gasteiger charge is -2.35. The van der Waals surface area contributed by atoms with Gasteiger partial charge in [-0.1, -0.05) is 11.2 Å². The maximum Gasteiger partial charge on any atom is 0.273 e. The molecular formula is C20H23N5O3. The van der Waals surface area contributed by atoms with E-state index < -0.39 is 0 Å². The SMILES string of the molecule is Cc1cc(-c2cn(CCO)nc2C2CCCCN2C(=O)c2ccccn2)on1. The number of nitrogens with zero attached hydrogens (tertiary/aromatic N) is 5. The minimum Gasteiger partial charge on any atom is -0.394 e. The Labute approximate surface area is 162 Å². The van der Waals surface area contributed by atoms with Gasteiger partial charge in [0, 0.05) is 25.0 Å². The lowest BCUT2D eigenvalue weighted by Crippen LogP contribution is -2.39. The van der Waals surface area contributed by atoms with Gasteiger partial charge >= 0.3 is 0 Å². The highest BCUT2D eigenvalue weighted by molar-refractivity contribution is 5.92. The van der Waals surface area contributed by atoms with E-state index in [0.29, 0.717) is 24.5 Å². The molecule has 1 fully saturated rings. The Morgan fingerprint density at radius 1 is 1.36 bits per heavy atom. The molecule has 4 rings (SSSR count). The molecule has 0 aromatic carbocycles. The van der Waals surface area contributed by atoms with Crippen LogP contribution >= 0.6 is 0 Å². The molecule has 0 spiro atoms. The van der Waals surface area contributed by atoms with Crippen LogP contribution in [0.2, 0.25) is 0 Å². The summed E-state index contributed by atoms with van der Waals surface area (Å²) in [5.41, 5.74) is 2.79. The maximum absolute atomic E-state index is 13.1. The minimum atomic E-state index is -0.177. The second-order valence-electron chi connectivity index (χ2n) is 6.97. The highest BCUT2D eigenvalue weighted by Crippen LogP contribution is 2.37. The number of hydrogen-bond donors (Lipinski definition) is 1. The maximum atomic E-state index is 13.1. The summed E-state index contributed by atoms with van der Waals surface area (Å²) in [5.74, 6) is 0.522. The smallest absolute Gasteiger partial charge is 0.273 e. The van der Waals surface area contributed by atoms with E-state index in [4.69, 9.17) is 9.62 Å². The molecule has 3 aromatic rings. The van der Waals surface area contributed by atoms with Crippen molar-refractivity contribution >= 4 is 5.91 Å². The number of rotatable bonds is 5. The quantitative estimate of drug-likeness (QED) is 0.730. The largest absolute Gasteiger partial charge is 0.394 e. The number of aryl methyl sites for hydroxylation is 1. The zero-order valence-electron chi connectivity index (χ0n) is 15.8. The van der Waals surface area contributed by atoms with Crippen LogP contribution in [0.3, 0.4) is 0 Å². The molecule has 0 aliphatic carbocycles.